The van der Waals surface area contributed by atoms with Crippen LogP contribution in [0.4, 0.5) is 8.68 Å². The number of benzene rings is 1. The van der Waals surface area contributed by atoms with Crippen LogP contribution in [-0.4, -0.2) is 21.7 Å². The lowest BCUT2D eigenvalue weighted by Crippen LogP contribution is -2.35. The fourth-order valence-electron chi connectivity index (χ4n) is 1.94. The van der Waals surface area contributed by atoms with Crippen LogP contribution in [0.2, 0.25) is 0 Å². The molecule has 0 fully saturated rings. The number of aromatic nitrogens is 1. The number of rotatable bonds is 5. The SMILES string of the molecule is CC.CC.CC(NC(=O)N(C=O)SF)c1ccc(-c2ccncc2)cc1. The van der Waals surface area contributed by atoms with Gasteiger partial charge in [-0.25, -0.2) is 4.79 Å². The molecule has 0 spiro atoms. The molecule has 3 amide bonds. The number of amides is 3. The van der Waals surface area contributed by atoms with E-state index in [0.717, 1.165) is 16.7 Å². The van der Waals surface area contributed by atoms with Crippen molar-refractivity contribution in [3.05, 3.63) is 54.4 Å². The fourth-order valence-corrected chi connectivity index (χ4v) is 2.08. The first-order valence-electron chi connectivity index (χ1n) is 8.49. The molecule has 0 aliphatic carbocycles. The van der Waals surface area contributed by atoms with E-state index in [1.165, 1.54) is 0 Å². The Labute approximate surface area is 159 Å². The van der Waals surface area contributed by atoms with Crippen molar-refractivity contribution in [2.75, 3.05) is 0 Å². The Bertz CT molecular complexity index is 639. The van der Waals surface area contributed by atoms with Crippen LogP contribution in [0.15, 0.2) is 48.8 Å². The molecule has 5 nitrogen and oxygen atoms in total. The van der Waals surface area contributed by atoms with Crippen LogP contribution in [-0.2, 0) is 4.79 Å². The maximum Gasteiger partial charge on any atom is 0.336 e. The summed E-state index contributed by atoms with van der Waals surface area (Å²) in [5.41, 5.74) is 2.92. The van der Waals surface area contributed by atoms with E-state index in [4.69, 9.17) is 0 Å². The Kier molecular flexibility index (Phi) is 12.6. The molecule has 7 heteroatoms. The van der Waals surface area contributed by atoms with Gasteiger partial charge in [-0.15, -0.1) is 3.89 Å². The summed E-state index contributed by atoms with van der Waals surface area (Å²) in [6.45, 7) is 9.76. The van der Waals surface area contributed by atoms with Crippen molar-refractivity contribution >= 4 is 24.8 Å². The lowest BCUT2D eigenvalue weighted by atomic mass is 10.0. The molecule has 1 atom stereocenters. The molecule has 0 radical (unpaired) electrons. The van der Waals surface area contributed by atoms with Crippen LogP contribution < -0.4 is 5.32 Å². The topological polar surface area (TPSA) is 62.3 Å². The highest BCUT2D eigenvalue weighted by Gasteiger charge is 2.17. The number of halogens is 1. The highest BCUT2D eigenvalue weighted by molar-refractivity contribution is 7.92. The molecule has 0 saturated carbocycles. The molecule has 2 rings (SSSR count). The number of nitrogens with zero attached hydrogens (tertiary/aromatic N) is 2. The van der Waals surface area contributed by atoms with E-state index in [-0.39, 0.29) is 12.5 Å². The molecule has 0 aliphatic rings. The molecule has 1 aromatic heterocycles. The first-order valence-corrected chi connectivity index (χ1v) is 9.17. The van der Waals surface area contributed by atoms with Gasteiger partial charge in [0.15, 0.2) is 12.3 Å². The second-order valence-corrected chi connectivity index (χ2v) is 5.06. The maximum atomic E-state index is 12.3. The van der Waals surface area contributed by atoms with Crippen LogP contribution in [0, 0.1) is 0 Å². The lowest BCUT2D eigenvalue weighted by molar-refractivity contribution is -0.112. The minimum atomic E-state index is -0.798. The molecule has 1 N–H and O–H groups in total. The molecular weight excluding hydrogens is 353 g/mol. The third-order valence-electron chi connectivity index (χ3n) is 3.13. The van der Waals surface area contributed by atoms with Crippen molar-refractivity contribution in [3.63, 3.8) is 0 Å². The average Bonchev–Trinajstić information content (AvgIpc) is 2.72. The van der Waals surface area contributed by atoms with Crippen LogP contribution in [0.3, 0.4) is 0 Å². The molecular formula is C19H26FN3O2S. The van der Waals surface area contributed by atoms with Gasteiger partial charge in [0.05, 0.1) is 6.04 Å². The summed E-state index contributed by atoms with van der Waals surface area (Å²) in [5, 5.41) is 2.54. The number of hydrogen-bond donors (Lipinski definition) is 1. The van der Waals surface area contributed by atoms with Crippen molar-refractivity contribution in [2.45, 2.75) is 40.7 Å². The summed E-state index contributed by atoms with van der Waals surface area (Å²) in [7, 11) is 0. The summed E-state index contributed by atoms with van der Waals surface area (Å²) in [6, 6.07) is 10.2. The molecule has 1 aromatic carbocycles. The smallest absolute Gasteiger partial charge is 0.330 e. The molecule has 2 aromatic rings. The summed E-state index contributed by atoms with van der Waals surface area (Å²) in [5.74, 6) is 0. The largest absolute Gasteiger partial charge is 0.336 e. The molecule has 0 bridgehead atoms. The van der Waals surface area contributed by atoms with E-state index in [1.807, 2.05) is 64.1 Å². The van der Waals surface area contributed by atoms with Crippen LogP contribution in [0.25, 0.3) is 11.1 Å². The Morgan fingerprint density at radius 2 is 1.58 bits per heavy atom. The van der Waals surface area contributed by atoms with E-state index in [1.54, 1.807) is 19.3 Å². The number of urea groups is 1. The van der Waals surface area contributed by atoms with Crippen molar-refractivity contribution in [2.24, 2.45) is 0 Å². The van der Waals surface area contributed by atoms with Gasteiger partial charge >= 0.3 is 6.03 Å². The predicted octanol–water partition coefficient (Wildman–Crippen LogP) is 5.56. The third-order valence-corrected chi connectivity index (χ3v) is 3.54. The monoisotopic (exact) mass is 379 g/mol. The van der Waals surface area contributed by atoms with Crippen molar-refractivity contribution in [3.8, 4) is 11.1 Å². The molecule has 0 aliphatic heterocycles. The highest BCUT2D eigenvalue weighted by atomic mass is 32.2. The van der Waals surface area contributed by atoms with Gasteiger partial charge in [0.25, 0.3) is 0 Å². The van der Waals surface area contributed by atoms with Gasteiger partial charge < -0.3 is 5.32 Å². The van der Waals surface area contributed by atoms with Gasteiger partial charge in [-0.3, -0.25) is 9.78 Å². The zero-order chi connectivity index (χ0) is 19.9. The average molecular weight is 380 g/mol. The maximum absolute atomic E-state index is 12.3. The summed E-state index contributed by atoms with van der Waals surface area (Å²) >= 11 is -0.438. The molecule has 142 valence electrons. The van der Waals surface area contributed by atoms with Crippen LogP contribution >= 0.6 is 12.3 Å². The Balaban J connectivity index is 0.00000146. The quantitative estimate of drug-likeness (QED) is 0.545. The molecule has 1 heterocycles. The van der Waals surface area contributed by atoms with Crippen molar-refractivity contribution in [1.29, 1.82) is 0 Å². The third kappa shape index (κ3) is 7.23. The number of pyridine rings is 1. The van der Waals surface area contributed by atoms with Gasteiger partial charge in [0.1, 0.15) is 0 Å². The predicted molar refractivity (Wildman–Crippen MR) is 106 cm³/mol. The summed E-state index contributed by atoms with van der Waals surface area (Å²) in [6.07, 6.45) is 3.56. The summed E-state index contributed by atoms with van der Waals surface area (Å²) < 4.78 is 12.7. The molecule has 26 heavy (non-hydrogen) atoms. The zero-order valence-electron chi connectivity index (χ0n) is 15.8. The van der Waals surface area contributed by atoms with Gasteiger partial charge in [-0.05, 0) is 35.7 Å². The fraction of sp³-hybridized carbons (Fsp3) is 0.316. The summed E-state index contributed by atoms with van der Waals surface area (Å²) in [4.78, 5) is 26.1. The minimum absolute atomic E-state index is 0.124. The Hall–Kier alpha value is -2.41. The normalized spacial score (nSPS) is 10.2. The number of hydrogen-bond acceptors (Lipinski definition) is 4. The van der Waals surface area contributed by atoms with Gasteiger partial charge in [0, 0.05) is 12.4 Å². The minimum Gasteiger partial charge on any atom is -0.330 e. The number of carbonyl (C=O) groups is 2. The van der Waals surface area contributed by atoms with Crippen LogP contribution in [0.5, 0.6) is 0 Å². The van der Waals surface area contributed by atoms with Gasteiger partial charge in [-0.1, -0.05) is 52.0 Å². The van der Waals surface area contributed by atoms with E-state index in [0.29, 0.717) is 4.31 Å². The second kappa shape index (κ2) is 13.8. The van der Waals surface area contributed by atoms with Crippen LogP contribution in [0.1, 0.15) is 46.2 Å². The van der Waals surface area contributed by atoms with E-state index < -0.39 is 18.4 Å². The van der Waals surface area contributed by atoms with Crippen molar-refractivity contribution < 1.29 is 13.5 Å². The van der Waals surface area contributed by atoms with E-state index in [2.05, 4.69) is 10.3 Å². The Morgan fingerprint density at radius 3 is 2.04 bits per heavy atom. The Morgan fingerprint density at radius 1 is 1.08 bits per heavy atom. The zero-order valence-corrected chi connectivity index (χ0v) is 16.6. The first kappa shape index (κ1) is 23.6. The lowest BCUT2D eigenvalue weighted by Gasteiger charge is -2.17. The number of imide groups is 1. The first-order chi connectivity index (χ1) is 12.7. The molecule has 1 unspecified atom stereocenters. The standard InChI is InChI=1S/C15H14FN3O2S.2C2H6/c1-11(18-15(21)19(10-20)22-16)12-2-4-13(5-3-12)14-6-8-17-9-7-14;2*1-2/h2-11H,1H3,(H,18,21);2*1-2H3. The van der Waals surface area contributed by atoms with Gasteiger partial charge in [0.2, 0.25) is 6.41 Å². The van der Waals surface area contributed by atoms with Crippen molar-refractivity contribution in [1.82, 2.24) is 14.6 Å². The number of nitrogens with one attached hydrogen (secondary N) is 1. The molecule has 0 saturated heterocycles. The van der Waals surface area contributed by atoms with Gasteiger partial charge in [-0.2, -0.15) is 4.31 Å². The van der Waals surface area contributed by atoms with E-state index >= 15 is 0 Å². The van der Waals surface area contributed by atoms with E-state index in [9.17, 15) is 13.5 Å². The number of carbonyl (C=O) groups excluding carboxylic acids is 2. The highest BCUT2D eigenvalue weighted by Crippen LogP contribution is 2.21. The second-order valence-electron chi connectivity index (χ2n) is 4.53.